The van der Waals surface area contributed by atoms with Crippen molar-refractivity contribution in [2.24, 2.45) is 0 Å². The number of fused-ring (bicyclic) bond motifs is 1. The molecule has 0 aromatic heterocycles. The SMILES string of the molecule is N#CCNC=C1CCc2ccccc2C1=O. The van der Waals surface area contributed by atoms with E-state index in [4.69, 9.17) is 5.26 Å². The predicted octanol–water partition coefficient (Wildman–Crippen LogP) is 1.81. The van der Waals surface area contributed by atoms with Crippen LogP contribution in [0.15, 0.2) is 36.0 Å². The maximum absolute atomic E-state index is 12.0. The van der Waals surface area contributed by atoms with E-state index in [1.165, 1.54) is 0 Å². The monoisotopic (exact) mass is 212 g/mol. The van der Waals surface area contributed by atoms with Crippen LogP contribution in [0, 0.1) is 11.3 Å². The van der Waals surface area contributed by atoms with Crippen molar-refractivity contribution < 1.29 is 4.79 Å². The van der Waals surface area contributed by atoms with Crippen LogP contribution in [-0.4, -0.2) is 12.3 Å². The summed E-state index contributed by atoms with van der Waals surface area (Å²) in [7, 11) is 0. The van der Waals surface area contributed by atoms with E-state index >= 15 is 0 Å². The molecule has 1 N–H and O–H groups in total. The van der Waals surface area contributed by atoms with Gasteiger partial charge in [-0.25, -0.2) is 0 Å². The Hall–Kier alpha value is -2.08. The number of benzene rings is 1. The second kappa shape index (κ2) is 4.63. The minimum atomic E-state index is 0.0762. The number of nitriles is 1. The topological polar surface area (TPSA) is 52.9 Å². The highest BCUT2D eigenvalue weighted by Crippen LogP contribution is 2.24. The minimum absolute atomic E-state index is 0.0762. The van der Waals surface area contributed by atoms with E-state index in [1.54, 1.807) is 6.20 Å². The van der Waals surface area contributed by atoms with E-state index in [0.29, 0.717) is 0 Å². The Labute approximate surface area is 94.4 Å². The second-order valence-corrected chi connectivity index (χ2v) is 3.69. The van der Waals surface area contributed by atoms with Gasteiger partial charge in [-0.1, -0.05) is 24.3 Å². The van der Waals surface area contributed by atoms with Gasteiger partial charge >= 0.3 is 0 Å². The number of carbonyl (C=O) groups is 1. The number of hydrogen-bond acceptors (Lipinski definition) is 3. The van der Waals surface area contributed by atoms with Gasteiger partial charge in [0.25, 0.3) is 0 Å². The number of rotatable bonds is 2. The Morgan fingerprint density at radius 2 is 2.19 bits per heavy atom. The summed E-state index contributed by atoms with van der Waals surface area (Å²) in [5.41, 5.74) is 2.66. The molecule has 0 radical (unpaired) electrons. The number of aryl methyl sites for hydroxylation is 1. The zero-order chi connectivity index (χ0) is 11.4. The molecule has 1 aromatic carbocycles. The van der Waals surface area contributed by atoms with Crippen molar-refractivity contribution in [3.8, 4) is 6.07 Å². The second-order valence-electron chi connectivity index (χ2n) is 3.69. The summed E-state index contributed by atoms with van der Waals surface area (Å²) in [6, 6.07) is 9.65. The van der Waals surface area contributed by atoms with Gasteiger partial charge in [0.2, 0.25) is 0 Å². The van der Waals surface area contributed by atoms with Crippen molar-refractivity contribution in [3.05, 3.63) is 47.2 Å². The molecule has 16 heavy (non-hydrogen) atoms. The fraction of sp³-hybridized carbons (Fsp3) is 0.231. The first-order chi connectivity index (χ1) is 7.83. The van der Waals surface area contributed by atoms with Gasteiger partial charge in [0.1, 0.15) is 6.54 Å². The number of Topliss-reactive ketones (excluding diaryl/α,β-unsaturated/α-hetero) is 1. The summed E-state index contributed by atoms with van der Waals surface area (Å²) in [5.74, 6) is 0.0762. The lowest BCUT2D eigenvalue weighted by Gasteiger charge is -2.16. The highest BCUT2D eigenvalue weighted by atomic mass is 16.1. The Balaban J connectivity index is 2.22. The quantitative estimate of drug-likeness (QED) is 0.462. The van der Waals surface area contributed by atoms with Gasteiger partial charge in [0.15, 0.2) is 5.78 Å². The zero-order valence-corrected chi connectivity index (χ0v) is 8.86. The summed E-state index contributed by atoms with van der Waals surface area (Å²) in [6.07, 6.45) is 3.30. The van der Waals surface area contributed by atoms with Gasteiger partial charge in [-0.2, -0.15) is 5.26 Å². The summed E-state index contributed by atoms with van der Waals surface area (Å²) < 4.78 is 0. The van der Waals surface area contributed by atoms with Gasteiger partial charge in [0.05, 0.1) is 6.07 Å². The van der Waals surface area contributed by atoms with Gasteiger partial charge in [-0.05, 0) is 18.4 Å². The Morgan fingerprint density at radius 1 is 1.38 bits per heavy atom. The van der Waals surface area contributed by atoms with Crippen LogP contribution < -0.4 is 5.32 Å². The Kier molecular flexibility index (Phi) is 3.02. The lowest BCUT2D eigenvalue weighted by atomic mass is 9.87. The van der Waals surface area contributed by atoms with Crippen molar-refractivity contribution in [1.82, 2.24) is 5.32 Å². The minimum Gasteiger partial charge on any atom is -0.378 e. The molecule has 0 saturated carbocycles. The molecule has 2 rings (SSSR count). The average Bonchev–Trinajstić information content (AvgIpc) is 2.33. The molecule has 0 saturated heterocycles. The number of allylic oxidation sites excluding steroid dienone is 1. The molecule has 0 amide bonds. The van der Waals surface area contributed by atoms with Crippen LogP contribution in [0.2, 0.25) is 0 Å². The zero-order valence-electron chi connectivity index (χ0n) is 8.86. The summed E-state index contributed by atoms with van der Waals surface area (Å²) >= 11 is 0. The number of nitrogens with zero attached hydrogens (tertiary/aromatic N) is 1. The van der Waals surface area contributed by atoms with Crippen LogP contribution in [-0.2, 0) is 6.42 Å². The van der Waals surface area contributed by atoms with Crippen molar-refractivity contribution in [3.63, 3.8) is 0 Å². The summed E-state index contributed by atoms with van der Waals surface area (Å²) in [5, 5.41) is 11.2. The van der Waals surface area contributed by atoms with E-state index in [0.717, 1.165) is 29.5 Å². The molecule has 0 unspecified atom stereocenters. The highest BCUT2D eigenvalue weighted by molar-refractivity contribution is 6.10. The van der Waals surface area contributed by atoms with Gasteiger partial charge in [0, 0.05) is 17.3 Å². The average molecular weight is 212 g/mol. The smallest absolute Gasteiger partial charge is 0.190 e. The largest absolute Gasteiger partial charge is 0.378 e. The van der Waals surface area contributed by atoms with Crippen LogP contribution >= 0.6 is 0 Å². The third-order valence-corrected chi connectivity index (χ3v) is 2.67. The standard InChI is InChI=1S/C13H12N2O/c14-7-8-15-9-11-6-5-10-3-1-2-4-12(10)13(11)16/h1-4,9,15H,5-6,8H2. The first-order valence-electron chi connectivity index (χ1n) is 5.25. The number of nitrogens with one attached hydrogen (secondary N) is 1. The summed E-state index contributed by atoms with van der Waals surface area (Å²) in [6.45, 7) is 0.235. The molecule has 0 aliphatic heterocycles. The van der Waals surface area contributed by atoms with Gasteiger partial charge in [-0.3, -0.25) is 4.79 Å². The molecule has 1 aliphatic carbocycles. The molecule has 0 atom stereocenters. The van der Waals surface area contributed by atoms with Crippen LogP contribution in [0.4, 0.5) is 0 Å². The van der Waals surface area contributed by atoms with Crippen molar-refractivity contribution >= 4 is 5.78 Å². The highest BCUT2D eigenvalue weighted by Gasteiger charge is 2.20. The predicted molar refractivity (Wildman–Crippen MR) is 60.8 cm³/mol. The molecule has 1 aliphatic rings. The first-order valence-corrected chi connectivity index (χ1v) is 5.25. The molecule has 3 nitrogen and oxygen atoms in total. The molecular formula is C13H12N2O. The number of ketones is 1. The molecule has 0 spiro atoms. The van der Waals surface area contributed by atoms with E-state index in [1.807, 2.05) is 30.3 Å². The van der Waals surface area contributed by atoms with E-state index in [2.05, 4.69) is 5.32 Å². The maximum Gasteiger partial charge on any atom is 0.190 e. The van der Waals surface area contributed by atoms with Crippen molar-refractivity contribution in [1.29, 1.82) is 5.26 Å². The third kappa shape index (κ3) is 1.96. The molecule has 1 aromatic rings. The fourth-order valence-corrected chi connectivity index (χ4v) is 1.87. The van der Waals surface area contributed by atoms with Gasteiger partial charge in [-0.15, -0.1) is 0 Å². The number of hydrogen-bond donors (Lipinski definition) is 1. The maximum atomic E-state index is 12.0. The van der Waals surface area contributed by atoms with E-state index < -0.39 is 0 Å². The van der Waals surface area contributed by atoms with Crippen LogP contribution in [0.5, 0.6) is 0 Å². The van der Waals surface area contributed by atoms with Crippen molar-refractivity contribution in [2.75, 3.05) is 6.54 Å². The summed E-state index contributed by atoms with van der Waals surface area (Å²) in [4.78, 5) is 12.0. The molecule has 3 heteroatoms. The molecule has 0 bridgehead atoms. The van der Waals surface area contributed by atoms with E-state index in [9.17, 15) is 4.79 Å². The molecule has 80 valence electrons. The Morgan fingerprint density at radius 3 is 3.00 bits per heavy atom. The van der Waals surface area contributed by atoms with Crippen LogP contribution in [0.3, 0.4) is 0 Å². The normalized spacial score (nSPS) is 16.7. The lowest BCUT2D eigenvalue weighted by molar-refractivity contribution is 0.102. The van der Waals surface area contributed by atoms with Gasteiger partial charge < -0.3 is 5.32 Å². The number of carbonyl (C=O) groups excluding carboxylic acids is 1. The first kappa shape index (κ1) is 10.4. The third-order valence-electron chi connectivity index (χ3n) is 2.67. The Bertz CT molecular complexity index is 483. The fourth-order valence-electron chi connectivity index (χ4n) is 1.87. The molecule has 0 heterocycles. The lowest BCUT2D eigenvalue weighted by Crippen LogP contribution is -2.17. The van der Waals surface area contributed by atoms with E-state index in [-0.39, 0.29) is 12.3 Å². The van der Waals surface area contributed by atoms with Crippen molar-refractivity contribution in [2.45, 2.75) is 12.8 Å². The molecule has 0 fully saturated rings. The van der Waals surface area contributed by atoms with Crippen LogP contribution in [0.25, 0.3) is 0 Å². The molecular weight excluding hydrogens is 200 g/mol. The van der Waals surface area contributed by atoms with Crippen LogP contribution in [0.1, 0.15) is 22.3 Å².